The molecule has 1 aliphatic heterocycles. The highest BCUT2D eigenvalue weighted by molar-refractivity contribution is 5.56. The Morgan fingerprint density at radius 3 is 2.89 bits per heavy atom. The lowest BCUT2D eigenvalue weighted by Crippen LogP contribution is -2.19. The predicted molar refractivity (Wildman–Crippen MR) is 74.9 cm³/mol. The van der Waals surface area contributed by atoms with Crippen LogP contribution in [0.25, 0.3) is 11.4 Å². The number of nitrogens with zero attached hydrogens (tertiary/aromatic N) is 2. The van der Waals surface area contributed by atoms with Gasteiger partial charge in [-0.05, 0) is 18.9 Å². The summed E-state index contributed by atoms with van der Waals surface area (Å²) in [5.41, 5.74) is 1.03. The standard InChI is InChI=1S/C15H17N3O/c1-2-5-12(6-3-1)15-16-9-8-14(18-15)17-11-13-7-4-10-19-13/h1-3,5-6,8-9,13H,4,7,10-11H2,(H,16,17,18)/t13-/m1/s1. The largest absolute Gasteiger partial charge is 0.376 e. The molecule has 98 valence electrons. The van der Waals surface area contributed by atoms with Gasteiger partial charge in [0.15, 0.2) is 5.82 Å². The van der Waals surface area contributed by atoms with E-state index in [-0.39, 0.29) is 0 Å². The Bertz CT molecular complexity index is 524. The number of hydrogen-bond donors (Lipinski definition) is 1. The zero-order valence-corrected chi connectivity index (χ0v) is 10.7. The molecular formula is C15H17N3O. The summed E-state index contributed by atoms with van der Waals surface area (Å²) in [5.74, 6) is 1.60. The molecule has 0 spiro atoms. The number of hydrogen-bond acceptors (Lipinski definition) is 4. The quantitative estimate of drug-likeness (QED) is 0.912. The average molecular weight is 255 g/mol. The van der Waals surface area contributed by atoms with Gasteiger partial charge in [0.2, 0.25) is 0 Å². The maximum absolute atomic E-state index is 5.58. The summed E-state index contributed by atoms with van der Waals surface area (Å²) in [4.78, 5) is 8.83. The van der Waals surface area contributed by atoms with Crippen LogP contribution >= 0.6 is 0 Å². The van der Waals surface area contributed by atoms with Crippen molar-refractivity contribution >= 4 is 5.82 Å². The number of benzene rings is 1. The monoisotopic (exact) mass is 255 g/mol. The van der Waals surface area contributed by atoms with Crippen LogP contribution in [-0.4, -0.2) is 29.2 Å². The van der Waals surface area contributed by atoms with Crippen LogP contribution in [0, 0.1) is 0 Å². The lowest BCUT2D eigenvalue weighted by Gasteiger charge is -2.11. The first-order valence-electron chi connectivity index (χ1n) is 6.66. The molecule has 4 nitrogen and oxygen atoms in total. The Balaban J connectivity index is 1.69. The molecule has 2 aromatic rings. The first-order valence-corrected chi connectivity index (χ1v) is 6.66. The second-order valence-electron chi connectivity index (χ2n) is 4.65. The highest BCUT2D eigenvalue weighted by Gasteiger charge is 2.15. The zero-order valence-electron chi connectivity index (χ0n) is 10.7. The lowest BCUT2D eigenvalue weighted by molar-refractivity contribution is 0.120. The summed E-state index contributed by atoms with van der Waals surface area (Å²) < 4.78 is 5.58. The van der Waals surface area contributed by atoms with Crippen molar-refractivity contribution in [3.63, 3.8) is 0 Å². The van der Waals surface area contributed by atoms with Gasteiger partial charge in [-0.1, -0.05) is 30.3 Å². The van der Waals surface area contributed by atoms with Crippen molar-refractivity contribution in [1.82, 2.24) is 9.97 Å². The van der Waals surface area contributed by atoms with Crippen LogP contribution in [0.15, 0.2) is 42.6 Å². The second kappa shape index (κ2) is 5.80. The molecule has 1 aromatic carbocycles. The van der Waals surface area contributed by atoms with E-state index < -0.39 is 0 Å². The van der Waals surface area contributed by atoms with Crippen LogP contribution in [-0.2, 0) is 4.74 Å². The van der Waals surface area contributed by atoms with E-state index in [4.69, 9.17) is 4.74 Å². The molecular weight excluding hydrogens is 238 g/mol. The van der Waals surface area contributed by atoms with Crippen molar-refractivity contribution in [1.29, 1.82) is 0 Å². The van der Waals surface area contributed by atoms with Gasteiger partial charge < -0.3 is 10.1 Å². The number of ether oxygens (including phenoxy) is 1. The third kappa shape index (κ3) is 3.09. The van der Waals surface area contributed by atoms with E-state index >= 15 is 0 Å². The van der Waals surface area contributed by atoms with Crippen molar-refractivity contribution < 1.29 is 4.74 Å². The van der Waals surface area contributed by atoms with E-state index in [9.17, 15) is 0 Å². The molecule has 0 radical (unpaired) electrons. The van der Waals surface area contributed by atoms with E-state index in [1.54, 1.807) is 6.20 Å². The van der Waals surface area contributed by atoms with E-state index in [0.717, 1.165) is 43.2 Å². The zero-order chi connectivity index (χ0) is 12.9. The van der Waals surface area contributed by atoms with Gasteiger partial charge in [0.25, 0.3) is 0 Å². The van der Waals surface area contributed by atoms with Crippen molar-refractivity contribution in [2.24, 2.45) is 0 Å². The first kappa shape index (κ1) is 12.1. The SMILES string of the molecule is c1ccc(-c2nccc(NC[C@H]3CCCO3)n2)cc1. The Hall–Kier alpha value is -1.94. The highest BCUT2D eigenvalue weighted by Crippen LogP contribution is 2.16. The van der Waals surface area contributed by atoms with Crippen molar-refractivity contribution in [3.05, 3.63) is 42.6 Å². The Morgan fingerprint density at radius 2 is 2.11 bits per heavy atom. The molecule has 0 saturated carbocycles. The lowest BCUT2D eigenvalue weighted by atomic mass is 10.2. The molecule has 1 aliphatic rings. The molecule has 1 atom stereocenters. The fourth-order valence-electron chi connectivity index (χ4n) is 2.21. The highest BCUT2D eigenvalue weighted by atomic mass is 16.5. The summed E-state index contributed by atoms with van der Waals surface area (Å²) in [5, 5.41) is 3.32. The third-order valence-electron chi connectivity index (χ3n) is 3.22. The molecule has 1 saturated heterocycles. The molecule has 4 heteroatoms. The minimum Gasteiger partial charge on any atom is -0.376 e. The van der Waals surface area contributed by atoms with Gasteiger partial charge >= 0.3 is 0 Å². The number of aromatic nitrogens is 2. The van der Waals surface area contributed by atoms with Gasteiger partial charge in [-0.25, -0.2) is 9.97 Å². The van der Waals surface area contributed by atoms with Gasteiger partial charge in [-0.15, -0.1) is 0 Å². The van der Waals surface area contributed by atoms with E-state index in [1.807, 2.05) is 36.4 Å². The molecule has 2 heterocycles. The molecule has 1 fully saturated rings. The number of rotatable bonds is 4. The smallest absolute Gasteiger partial charge is 0.161 e. The molecule has 1 aromatic heterocycles. The molecule has 19 heavy (non-hydrogen) atoms. The van der Waals surface area contributed by atoms with Gasteiger partial charge in [-0.3, -0.25) is 0 Å². The average Bonchev–Trinajstić information content (AvgIpc) is 3.00. The van der Waals surface area contributed by atoms with Crippen molar-refractivity contribution in [2.45, 2.75) is 18.9 Å². The fraction of sp³-hybridized carbons (Fsp3) is 0.333. The van der Waals surface area contributed by atoms with E-state index in [0.29, 0.717) is 6.10 Å². The minimum atomic E-state index is 0.315. The number of nitrogens with one attached hydrogen (secondary N) is 1. The van der Waals surface area contributed by atoms with Crippen LogP contribution in [0.1, 0.15) is 12.8 Å². The van der Waals surface area contributed by atoms with Gasteiger partial charge in [0, 0.05) is 24.9 Å². The summed E-state index contributed by atoms with van der Waals surface area (Å²) >= 11 is 0. The molecule has 0 bridgehead atoms. The van der Waals surface area contributed by atoms with Crippen LogP contribution < -0.4 is 5.32 Å². The molecule has 0 amide bonds. The van der Waals surface area contributed by atoms with Gasteiger partial charge in [0.1, 0.15) is 5.82 Å². The fourth-order valence-corrected chi connectivity index (χ4v) is 2.21. The molecule has 0 unspecified atom stereocenters. The topological polar surface area (TPSA) is 47.0 Å². The minimum absolute atomic E-state index is 0.315. The second-order valence-corrected chi connectivity index (χ2v) is 4.65. The molecule has 3 rings (SSSR count). The Kier molecular flexibility index (Phi) is 3.70. The maximum Gasteiger partial charge on any atom is 0.161 e. The van der Waals surface area contributed by atoms with E-state index in [1.165, 1.54) is 0 Å². The maximum atomic E-state index is 5.58. The number of anilines is 1. The van der Waals surface area contributed by atoms with Gasteiger partial charge in [-0.2, -0.15) is 0 Å². The van der Waals surface area contributed by atoms with Crippen LogP contribution in [0.3, 0.4) is 0 Å². The summed E-state index contributed by atoms with van der Waals surface area (Å²) in [6, 6.07) is 11.9. The summed E-state index contributed by atoms with van der Waals surface area (Å²) in [6.07, 6.45) is 4.39. The van der Waals surface area contributed by atoms with Crippen LogP contribution in [0.5, 0.6) is 0 Å². The third-order valence-corrected chi connectivity index (χ3v) is 3.22. The first-order chi connectivity index (χ1) is 9.42. The van der Waals surface area contributed by atoms with Crippen molar-refractivity contribution in [2.75, 3.05) is 18.5 Å². The normalized spacial score (nSPS) is 18.4. The van der Waals surface area contributed by atoms with Crippen LogP contribution in [0.2, 0.25) is 0 Å². The molecule has 1 N–H and O–H groups in total. The Labute approximate surface area is 112 Å². The predicted octanol–water partition coefficient (Wildman–Crippen LogP) is 2.73. The molecule has 0 aliphatic carbocycles. The van der Waals surface area contributed by atoms with Crippen molar-refractivity contribution in [3.8, 4) is 11.4 Å². The summed E-state index contributed by atoms with van der Waals surface area (Å²) in [6.45, 7) is 1.69. The van der Waals surface area contributed by atoms with Crippen LogP contribution in [0.4, 0.5) is 5.82 Å². The van der Waals surface area contributed by atoms with E-state index in [2.05, 4.69) is 15.3 Å². The van der Waals surface area contributed by atoms with Gasteiger partial charge in [0.05, 0.1) is 6.10 Å². The Morgan fingerprint density at radius 1 is 1.21 bits per heavy atom. The summed E-state index contributed by atoms with van der Waals surface area (Å²) in [7, 11) is 0.